The van der Waals surface area contributed by atoms with E-state index in [1.165, 1.54) is 0 Å². The molecule has 1 nitrogen and oxygen atoms in total. The van der Waals surface area contributed by atoms with E-state index in [9.17, 15) is 4.39 Å². The zero-order valence-electron chi connectivity index (χ0n) is 3.24. The van der Waals surface area contributed by atoms with E-state index in [1.807, 2.05) is 0 Å². The minimum absolute atomic E-state index is 0. The van der Waals surface area contributed by atoms with Gasteiger partial charge in [0, 0.05) is 0 Å². The Morgan fingerprint density at radius 1 is 1.60 bits per heavy atom. The van der Waals surface area contributed by atoms with Crippen molar-refractivity contribution in [2.45, 2.75) is 0 Å². The van der Waals surface area contributed by atoms with Gasteiger partial charge in [-0.05, 0) is 0 Å². The number of rotatable bonds is 0. The standard InChI is InChI=1S/CH3FO.CH3.Rf/c2-1-3;;/h3H,1H2;1H3;/q;-1;. The van der Waals surface area contributed by atoms with Crippen LogP contribution in [0.5, 0.6) is 0 Å². The number of halogens is 1. The minimum Gasteiger partial charge on any atom is -0.366 e. The minimum atomic E-state index is -1.25. The van der Waals surface area contributed by atoms with Crippen LogP contribution in [0.25, 0.3) is 0 Å². The van der Waals surface area contributed by atoms with Crippen molar-refractivity contribution < 1.29 is 9.50 Å². The van der Waals surface area contributed by atoms with Crippen LogP contribution in [-0.2, 0) is 0 Å². The van der Waals surface area contributed by atoms with Crippen molar-refractivity contribution in [2.75, 3.05) is 6.86 Å². The van der Waals surface area contributed by atoms with Crippen molar-refractivity contribution in [3.8, 4) is 0 Å². The summed E-state index contributed by atoms with van der Waals surface area (Å²) in [6, 6.07) is 0. The normalized spacial score (nSPS) is 3.60. The van der Waals surface area contributed by atoms with Gasteiger partial charge in [0.05, 0.1) is 0 Å². The molecule has 0 aliphatic heterocycles. The first-order valence-corrected chi connectivity index (χ1v) is 0.583. The molecule has 0 heterocycles. The van der Waals surface area contributed by atoms with Gasteiger partial charge in [-0.25, -0.2) is 4.39 Å². The Labute approximate surface area is 25.1 Å². The maximum atomic E-state index is 9.85. The van der Waals surface area contributed by atoms with Crippen LogP contribution in [0.4, 0.5) is 4.39 Å². The zero-order chi connectivity index (χ0) is 2.71. The van der Waals surface area contributed by atoms with E-state index in [0.29, 0.717) is 0 Å². The largest absolute Gasteiger partial charge is 0.366 e. The first kappa shape index (κ1) is 41.0. The molecule has 0 aliphatic carbocycles. The van der Waals surface area contributed by atoms with Gasteiger partial charge in [0.25, 0.3) is 0 Å². The van der Waals surface area contributed by atoms with Gasteiger partial charge in [-0.3, -0.25) is 0 Å². The van der Waals surface area contributed by atoms with E-state index in [-0.39, 0.29) is 7.43 Å². The summed E-state index contributed by atoms with van der Waals surface area (Å²) in [5.41, 5.74) is 0. The Balaban J connectivity index is -0.0000000200. The Bertz CT molecular complexity index is 9.61. The molecule has 0 fully saturated rings. The van der Waals surface area contributed by atoms with Crippen LogP contribution in [0, 0.1) is 7.43 Å². The van der Waals surface area contributed by atoms with Crippen LogP contribution in [-0.4, -0.2) is 12.0 Å². The molecule has 0 saturated carbocycles. The maximum absolute atomic E-state index is 9.85. The fourth-order valence-electron chi connectivity index (χ4n) is 0. The molecule has 1 N–H and O–H groups in total. The van der Waals surface area contributed by atoms with Gasteiger partial charge in [-0.15, -0.1) is 0 Å². The third-order valence-corrected chi connectivity index (χ3v) is 0. The van der Waals surface area contributed by atoms with Crippen LogP contribution < -0.4 is 0 Å². The van der Waals surface area contributed by atoms with Crippen molar-refractivity contribution in [2.24, 2.45) is 0 Å². The molecule has 0 aromatic heterocycles. The summed E-state index contributed by atoms with van der Waals surface area (Å²) in [6.07, 6.45) is 0. The van der Waals surface area contributed by atoms with Gasteiger partial charge in [0.1, 0.15) is 0 Å². The van der Waals surface area contributed by atoms with Crippen LogP contribution in [0.2, 0.25) is 0 Å². The van der Waals surface area contributed by atoms with Crippen molar-refractivity contribution in [1.29, 1.82) is 0 Å². The Kier molecular flexibility index (Phi) is 7000. The number of hydrogen-bond donors (Lipinski definition) is 1. The molecule has 5 heavy (non-hydrogen) atoms. The van der Waals surface area contributed by atoms with E-state index in [0.717, 1.165) is 0 Å². The molecule has 0 unspecified atom stereocenters. The van der Waals surface area contributed by atoms with Gasteiger partial charge in [0.2, 0.25) is 0 Å². The fourth-order valence-corrected chi connectivity index (χ4v) is 0. The van der Waals surface area contributed by atoms with Gasteiger partial charge in [-0.1, -0.05) is 0 Å². The number of hydrogen-bond acceptors (Lipinski definition) is 1. The van der Waals surface area contributed by atoms with E-state index < -0.39 is 6.86 Å². The molecular formula is C2H6FORf-. The second-order valence-corrected chi connectivity index (χ2v) is 0.120. The van der Waals surface area contributed by atoms with Crippen LogP contribution in [0.15, 0.2) is 0 Å². The van der Waals surface area contributed by atoms with Crippen molar-refractivity contribution in [3.05, 3.63) is 7.43 Å². The molecule has 0 amide bonds. The second kappa shape index (κ2) is 853. The maximum Gasteiger partial charge on any atom is 0.185 e. The SMILES string of the molecule is OCF.[CH3-].[Rf]. The van der Waals surface area contributed by atoms with Crippen molar-refractivity contribution in [1.82, 2.24) is 0 Å². The molecule has 0 aromatic carbocycles. The Morgan fingerprint density at radius 3 is 1.60 bits per heavy atom. The average Bonchev–Trinajstić information content (AvgIpc) is 0.918. The van der Waals surface area contributed by atoms with Crippen LogP contribution in [0.1, 0.15) is 0 Å². The molecule has 0 spiro atoms. The molecule has 0 radical (unpaired) electrons. The third-order valence-electron chi connectivity index (χ3n) is 0. The zero-order valence-corrected chi connectivity index (χ0v) is 9.64. The predicted octanol–water partition coefficient (Wildman–Crippen LogP) is 0.356. The molecule has 0 aromatic rings. The van der Waals surface area contributed by atoms with E-state index >= 15 is 0 Å². The van der Waals surface area contributed by atoms with Gasteiger partial charge < -0.3 is 12.5 Å². The summed E-state index contributed by atoms with van der Waals surface area (Å²) in [5, 5.41) is 6.90. The summed E-state index contributed by atoms with van der Waals surface area (Å²) in [5.74, 6) is 0. The number of aliphatic hydroxyl groups is 1. The fraction of sp³-hybridized carbons (Fsp3) is 0.500. The monoisotopic (exact) mass is 332 g/mol. The summed E-state index contributed by atoms with van der Waals surface area (Å²) in [7, 11) is 0. The van der Waals surface area contributed by atoms with Gasteiger partial charge >= 0.3 is 0 Å². The van der Waals surface area contributed by atoms with Gasteiger partial charge in [0.15, 0.2) is 6.86 Å². The first-order chi connectivity index (χ1) is 1.41. The molecule has 0 rings (SSSR count). The Hall–Kier alpha value is -1.11. The van der Waals surface area contributed by atoms with Crippen molar-refractivity contribution >= 4 is 0 Å². The van der Waals surface area contributed by atoms with E-state index in [1.54, 1.807) is 0 Å². The smallest absolute Gasteiger partial charge is 0.185 e. The molecule has 3 heteroatoms. The Morgan fingerprint density at radius 2 is 1.60 bits per heavy atom. The van der Waals surface area contributed by atoms with E-state index in [2.05, 4.69) is 0 Å². The van der Waals surface area contributed by atoms with Crippen molar-refractivity contribution in [3.63, 3.8) is 0 Å². The number of aliphatic hydroxyl groups excluding tert-OH is 1. The van der Waals surface area contributed by atoms with E-state index in [4.69, 9.17) is 5.11 Å². The summed E-state index contributed by atoms with van der Waals surface area (Å²) in [4.78, 5) is 0. The molecule has 0 bridgehead atoms. The molecule has 0 aliphatic rings. The van der Waals surface area contributed by atoms with Crippen LogP contribution in [0.3, 0.4) is 0 Å². The molecule has 30 valence electrons. The van der Waals surface area contributed by atoms with Crippen LogP contribution >= 0.6 is 0 Å². The topological polar surface area (TPSA) is 20.2 Å². The molecular weight excluding hydrogens is 326 g/mol. The second-order valence-electron chi connectivity index (χ2n) is 0.120. The molecule has 0 atom stereocenters. The summed E-state index contributed by atoms with van der Waals surface area (Å²) in [6.45, 7) is -1.25. The number of alkyl halides is 1. The molecule has 0 saturated heterocycles. The predicted molar refractivity (Wildman–Crippen MR) is 14.6 cm³/mol. The summed E-state index contributed by atoms with van der Waals surface area (Å²) < 4.78 is 9.85. The third kappa shape index (κ3) is 1.86. The first-order valence-electron chi connectivity index (χ1n) is 0.583. The quantitative estimate of drug-likeness (QED) is 0.635. The average molecular weight is 332 g/mol. The van der Waals surface area contributed by atoms with Gasteiger partial charge in [-0.2, -0.15) is 0 Å². The summed E-state index contributed by atoms with van der Waals surface area (Å²) >= 11 is 0.